The molecule has 0 spiro atoms. The highest BCUT2D eigenvalue weighted by Crippen LogP contribution is 2.19. The van der Waals surface area contributed by atoms with E-state index in [9.17, 15) is 4.79 Å². The van der Waals surface area contributed by atoms with Gasteiger partial charge in [-0.1, -0.05) is 11.6 Å². The quantitative estimate of drug-likeness (QED) is 0.849. The van der Waals surface area contributed by atoms with E-state index >= 15 is 0 Å². The van der Waals surface area contributed by atoms with Gasteiger partial charge in [-0.3, -0.25) is 4.79 Å². The third-order valence-electron chi connectivity index (χ3n) is 2.80. The fourth-order valence-electron chi connectivity index (χ4n) is 1.94. The summed E-state index contributed by atoms with van der Waals surface area (Å²) in [6.45, 7) is 0.702. The number of aromatic nitrogens is 1. The molecule has 1 fully saturated rings. The van der Waals surface area contributed by atoms with E-state index in [4.69, 9.17) is 16.7 Å². The molecular weight excluding hydrogens is 228 g/mol. The number of hydrogen-bond donors (Lipinski definition) is 1. The summed E-state index contributed by atoms with van der Waals surface area (Å²) >= 11 is 5.70. The number of nitrogens with zero attached hydrogens (tertiary/aromatic N) is 2. The molecule has 0 saturated carbocycles. The van der Waals surface area contributed by atoms with Crippen molar-refractivity contribution in [2.45, 2.75) is 18.9 Å². The van der Waals surface area contributed by atoms with Crippen molar-refractivity contribution in [3.63, 3.8) is 0 Å². The SMILES string of the molecule is O=C(c1ccc(Cl)cn1)N1CCC[C@H]1CO. The van der Waals surface area contributed by atoms with Crippen LogP contribution in [0.2, 0.25) is 5.02 Å². The van der Waals surface area contributed by atoms with Gasteiger partial charge in [-0.2, -0.15) is 0 Å². The molecule has 4 nitrogen and oxygen atoms in total. The Hall–Kier alpha value is -1.13. The van der Waals surface area contributed by atoms with E-state index in [1.165, 1.54) is 6.20 Å². The Morgan fingerprint density at radius 1 is 1.62 bits per heavy atom. The summed E-state index contributed by atoms with van der Waals surface area (Å²) in [6, 6.07) is 3.19. The lowest BCUT2D eigenvalue weighted by atomic mass is 10.2. The number of carbonyl (C=O) groups is 1. The highest BCUT2D eigenvalue weighted by Gasteiger charge is 2.29. The second-order valence-electron chi connectivity index (χ2n) is 3.84. The molecule has 1 aromatic rings. The van der Waals surface area contributed by atoms with Gasteiger partial charge in [0.1, 0.15) is 5.69 Å². The van der Waals surface area contributed by atoms with Crippen molar-refractivity contribution in [1.82, 2.24) is 9.88 Å². The molecule has 1 amide bonds. The van der Waals surface area contributed by atoms with Crippen molar-refractivity contribution in [3.05, 3.63) is 29.0 Å². The van der Waals surface area contributed by atoms with Crippen LogP contribution in [0, 0.1) is 0 Å². The zero-order valence-electron chi connectivity index (χ0n) is 8.77. The minimum Gasteiger partial charge on any atom is -0.394 e. The van der Waals surface area contributed by atoms with Crippen LogP contribution in [0.25, 0.3) is 0 Å². The highest BCUT2D eigenvalue weighted by atomic mass is 35.5. The van der Waals surface area contributed by atoms with Crippen LogP contribution < -0.4 is 0 Å². The lowest BCUT2D eigenvalue weighted by Gasteiger charge is -2.22. The number of aliphatic hydroxyl groups excluding tert-OH is 1. The Morgan fingerprint density at radius 2 is 2.44 bits per heavy atom. The van der Waals surface area contributed by atoms with Gasteiger partial charge in [0, 0.05) is 12.7 Å². The second-order valence-corrected chi connectivity index (χ2v) is 4.28. The van der Waals surface area contributed by atoms with Gasteiger partial charge in [-0.05, 0) is 25.0 Å². The lowest BCUT2D eigenvalue weighted by molar-refractivity contribution is 0.0672. The Labute approximate surface area is 98.9 Å². The number of amides is 1. The number of aliphatic hydroxyl groups is 1. The normalized spacial score (nSPS) is 20.1. The molecule has 1 aliphatic heterocycles. The van der Waals surface area contributed by atoms with E-state index in [0.717, 1.165) is 12.8 Å². The second kappa shape index (κ2) is 4.80. The van der Waals surface area contributed by atoms with Crippen LogP contribution in [0.15, 0.2) is 18.3 Å². The summed E-state index contributed by atoms with van der Waals surface area (Å²) in [5, 5.41) is 9.65. The smallest absolute Gasteiger partial charge is 0.272 e. The minimum absolute atomic E-state index is 0.0132. The van der Waals surface area contributed by atoms with Gasteiger partial charge >= 0.3 is 0 Å². The Balaban J connectivity index is 2.15. The molecule has 2 heterocycles. The van der Waals surface area contributed by atoms with Crippen LogP contribution in [-0.4, -0.2) is 40.1 Å². The number of carbonyl (C=O) groups excluding carboxylic acids is 1. The molecule has 1 aromatic heterocycles. The van der Waals surface area contributed by atoms with Gasteiger partial charge in [0.15, 0.2) is 0 Å². The van der Waals surface area contributed by atoms with E-state index in [1.807, 2.05) is 0 Å². The first-order valence-electron chi connectivity index (χ1n) is 5.26. The first-order chi connectivity index (χ1) is 7.72. The summed E-state index contributed by atoms with van der Waals surface area (Å²) in [6.07, 6.45) is 3.25. The number of pyridine rings is 1. The van der Waals surface area contributed by atoms with Crippen LogP contribution in [-0.2, 0) is 0 Å². The van der Waals surface area contributed by atoms with E-state index in [0.29, 0.717) is 17.3 Å². The summed E-state index contributed by atoms with van der Waals surface area (Å²) in [5.74, 6) is -0.131. The Morgan fingerprint density at radius 3 is 3.06 bits per heavy atom. The zero-order chi connectivity index (χ0) is 11.5. The van der Waals surface area contributed by atoms with E-state index in [2.05, 4.69) is 4.98 Å². The maximum Gasteiger partial charge on any atom is 0.272 e. The van der Waals surface area contributed by atoms with Crippen LogP contribution in [0.5, 0.6) is 0 Å². The molecule has 86 valence electrons. The van der Waals surface area contributed by atoms with E-state index in [-0.39, 0.29) is 18.6 Å². The molecule has 2 rings (SSSR count). The van der Waals surface area contributed by atoms with Crippen molar-refractivity contribution in [1.29, 1.82) is 0 Å². The standard InChI is InChI=1S/C11H13ClN2O2/c12-8-3-4-10(13-6-8)11(16)14-5-1-2-9(14)7-15/h3-4,6,9,15H,1-2,5,7H2/t9-/m0/s1. The lowest BCUT2D eigenvalue weighted by Crippen LogP contribution is -2.37. The molecule has 0 bridgehead atoms. The third kappa shape index (κ3) is 2.18. The summed E-state index contributed by atoms with van der Waals surface area (Å²) in [7, 11) is 0. The van der Waals surface area contributed by atoms with Crippen molar-refractivity contribution in [2.24, 2.45) is 0 Å². The van der Waals surface area contributed by atoms with Gasteiger partial charge in [-0.25, -0.2) is 4.98 Å². The predicted octanol–water partition coefficient (Wildman–Crippen LogP) is 1.33. The summed E-state index contributed by atoms with van der Waals surface area (Å²) < 4.78 is 0. The monoisotopic (exact) mass is 240 g/mol. The molecule has 1 aliphatic rings. The fourth-order valence-corrected chi connectivity index (χ4v) is 2.05. The topological polar surface area (TPSA) is 53.4 Å². The molecule has 1 N–H and O–H groups in total. The van der Waals surface area contributed by atoms with Gasteiger partial charge in [0.05, 0.1) is 17.7 Å². The van der Waals surface area contributed by atoms with Gasteiger partial charge < -0.3 is 10.0 Å². The Kier molecular flexibility index (Phi) is 3.41. The predicted molar refractivity (Wildman–Crippen MR) is 60.4 cm³/mol. The number of likely N-dealkylation sites (tertiary alicyclic amines) is 1. The van der Waals surface area contributed by atoms with Gasteiger partial charge in [-0.15, -0.1) is 0 Å². The molecular formula is C11H13ClN2O2. The molecule has 0 aliphatic carbocycles. The first-order valence-corrected chi connectivity index (χ1v) is 5.63. The van der Waals surface area contributed by atoms with Crippen molar-refractivity contribution >= 4 is 17.5 Å². The zero-order valence-corrected chi connectivity index (χ0v) is 9.52. The molecule has 16 heavy (non-hydrogen) atoms. The molecule has 0 aromatic carbocycles. The van der Waals surface area contributed by atoms with Crippen LogP contribution in [0.4, 0.5) is 0 Å². The highest BCUT2D eigenvalue weighted by molar-refractivity contribution is 6.30. The first kappa shape index (κ1) is 11.4. The molecule has 1 atom stereocenters. The molecule has 0 unspecified atom stereocenters. The molecule has 0 radical (unpaired) electrons. The van der Waals surface area contributed by atoms with Crippen LogP contribution in [0.1, 0.15) is 23.3 Å². The van der Waals surface area contributed by atoms with E-state index < -0.39 is 0 Å². The summed E-state index contributed by atoms with van der Waals surface area (Å²) in [4.78, 5) is 17.7. The van der Waals surface area contributed by atoms with Crippen LogP contribution >= 0.6 is 11.6 Å². The van der Waals surface area contributed by atoms with Crippen LogP contribution in [0.3, 0.4) is 0 Å². The van der Waals surface area contributed by atoms with Crippen molar-refractivity contribution in [2.75, 3.05) is 13.2 Å². The average Bonchev–Trinajstić information content (AvgIpc) is 2.77. The molecule has 1 saturated heterocycles. The Bertz CT molecular complexity index is 380. The van der Waals surface area contributed by atoms with Crippen molar-refractivity contribution in [3.8, 4) is 0 Å². The number of hydrogen-bond acceptors (Lipinski definition) is 3. The van der Waals surface area contributed by atoms with Gasteiger partial charge in [0.2, 0.25) is 0 Å². The number of halogens is 1. The maximum atomic E-state index is 12.0. The van der Waals surface area contributed by atoms with E-state index in [1.54, 1.807) is 17.0 Å². The summed E-state index contributed by atoms with van der Waals surface area (Å²) in [5.41, 5.74) is 0.379. The van der Waals surface area contributed by atoms with Crippen molar-refractivity contribution < 1.29 is 9.90 Å². The maximum absolute atomic E-state index is 12.0. The average molecular weight is 241 g/mol. The van der Waals surface area contributed by atoms with Gasteiger partial charge in [0.25, 0.3) is 5.91 Å². The molecule has 5 heteroatoms. The number of rotatable bonds is 2. The fraction of sp³-hybridized carbons (Fsp3) is 0.455. The third-order valence-corrected chi connectivity index (χ3v) is 3.02. The minimum atomic E-state index is -0.131. The largest absolute Gasteiger partial charge is 0.394 e.